The molecule has 127 heavy (non-hydrogen) atoms. The molecular weight excluding hydrogens is 1730 g/mol. The van der Waals surface area contributed by atoms with Crippen molar-refractivity contribution in [3.8, 4) is 5.75 Å². The number of benzene rings is 8. The van der Waals surface area contributed by atoms with Gasteiger partial charge in [0.25, 0.3) is 63.3 Å². The minimum atomic E-state index is -3.88. The Morgan fingerprint density at radius 3 is 1.12 bits per heavy atom. The number of pyridine rings is 6. The number of carbonyl (C=O) groups excluding carboxylic acids is 5. The number of carbonyl (C=O) groups is 7. The molecule has 6 aromatic heterocycles. The summed E-state index contributed by atoms with van der Waals surface area (Å²) in [6, 6.07) is 68.0. The van der Waals surface area contributed by atoms with E-state index in [4.69, 9.17) is 31.4 Å². The van der Waals surface area contributed by atoms with E-state index in [0.717, 1.165) is 64.4 Å². The number of sulfonamides is 3. The predicted octanol–water partition coefficient (Wildman–Crippen LogP) is 13.0. The van der Waals surface area contributed by atoms with Crippen molar-refractivity contribution in [2.24, 2.45) is 0 Å². The van der Waals surface area contributed by atoms with Gasteiger partial charge in [-0.05, 0) is 197 Å². The predicted molar refractivity (Wildman–Crippen MR) is 475 cm³/mol. The molecule has 3 aliphatic heterocycles. The molecule has 9 heterocycles. The number of aromatic carboxylic acids is 2. The summed E-state index contributed by atoms with van der Waals surface area (Å²) in [4.78, 5) is 110. The van der Waals surface area contributed by atoms with Crippen LogP contribution >= 0.6 is 10.7 Å². The molecule has 4 amide bonds. The Balaban J connectivity index is 0.000000151. The van der Waals surface area contributed by atoms with E-state index in [1.807, 2.05) is 87.5 Å². The fraction of sp³-hybridized carbons (Fsp3) is 0.125. The smallest absolute Gasteiger partial charge is 0.410 e. The maximum atomic E-state index is 12.9. The molecule has 0 aliphatic carbocycles. The quantitative estimate of drug-likeness (QED) is 0.0253. The summed E-state index contributed by atoms with van der Waals surface area (Å²) in [6.45, 7) is 8.93. The van der Waals surface area contributed by atoms with E-state index in [1.165, 1.54) is 113 Å². The van der Waals surface area contributed by atoms with E-state index in [2.05, 4.69) is 54.1 Å². The van der Waals surface area contributed by atoms with Crippen molar-refractivity contribution < 1.29 is 86.9 Å². The lowest BCUT2D eigenvalue weighted by atomic mass is 10.2. The van der Waals surface area contributed by atoms with Gasteiger partial charge in [0, 0.05) is 93.6 Å². The number of nitrogen functional groups attached to an aromatic ring is 1. The number of carboxylic acids is 2. The summed E-state index contributed by atoms with van der Waals surface area (Å²) in [5.74, 6) is -2.50. The molecule has 34 nitrogen and oxygen atoms in total. The number of nitrogens with one attached hydrogen (secondary N) is 4. The van der Waals surface area contributed by atoms with Crippen LogP contribution in [0.3, 0.4) is 0 Å². The van der Waals surface area contributed by atoms with E-state index in [-0.39, 0.29) is 85.8 Å². The number of likely N-dealkylation sites (tertiary alicyclic amines) is 1. The highest BCUT2D eigenvalue weighted by Crippen LogP contribution is 2.30. The number of rotatable bonds is 17. The molecule has 652 valence electrons. The van der Waals surface area contributed by atoms with Gasteiger partial charge in [-0.25, -0.2) is 53.0 Å². The number of nitrogens with zero attached hydrogens (tertiary/aromatic N) is 10. The minimum Gasteiger partial charge on any atom is -0.478 e. The summed E-state index contributed by atoms with van der Waals surface area (Å²) in [5, 5.41) is 23.4. The lowest BCUT2D eigenvalue weighted by molar-refractivity contribution is -0.120. The zero-order chi connectivity index (χ0) is 91.1. The van der Waals surface area contributed by atoms with Gasteiger partial charge < -0.3 is 45.0 Å². The topological polar surface area (TPSA) is 479 Å². The van der Waals surface area contributed by atoms with E-state index in [0.29, 0.717) is 63.8 Å². The maximum Gasteiger partial charge on any atom is 0.410 e. The molecule has 0 bridgehead atoms. The van der Waals surface area contributed by atoms with Crippen LogP contribution in [0.4, 0.5) is 27.5 Å². The summed E-state index contributed by atoms with van der Waals surface area (Å²) in [5.41, 5.74) is 11.0. The monoisotopic (exact) mass is 1810 g/mol. The Morgan fingerprint density at radius 2 is 0.772 bits per heavy atom. The highest BCUT2D eigenvalue weighted by molar-refractivity contribution is 8.13. The molecule has 0 saturated carbocycles. The second kappa shape index (κ2) is 41.9. The number of anilines is 4. The fourth-order valence-corrected chi connectivity index (χ4v) is 15.7. The van der Waals surface area contributed by atoms with Crippen LogP contribution in [-0.4, -0.2) is 181 Å². The van der Waals surface area contributed by atoms with Gasteiger partial charge in [0.05, 0.1) is 96.6 Å². The van der Waals surface area contributed by atoms with Crippen LogP contribution in [0, 0.1) is 0 Å². The highest BCUT2D eigenvalue weighted by atomic mass is 35.7. The molecular formula is C88H80ClN15O19S4. The van der Waals surface area contributed by atoms with Crippen LogP contribution in [0.2, 0.25) is 0 Å². The minimum absolute atomic E-state index is 0.0177. The van der Waals surface area contributed by atoms with Gasteiger partial charge >= 0.3 is 18.0 Å². The molecule has 8 N–H and O–H groups in total. The Morgan fingerprint density at radius 1 is 0.409 bits per heavy atom. The number of carboxylic acid groups (broad SMARTS) is 2. The summed E-state index contributed by atoms with van der Waals surface area (Å²) in [6.07, 6.45) is 10.5. The van der Waals surface area contributed by atoms with Crippen LogP contribution in [0.25, 0.3) is 43.6 Å². The van der Waals surface area contributed by atoms with Crippen molar-refractivity contribution in [2.75, 3.05) is 59.7 Å². The summed E-state index contributed by atoms with van der Waals surface area (Å²) < 4.78 is 115. The van der Waals surface area contributed by atoms with Crippen molar-refractivity contribution in [2.45, 2.75) is 52.4 Å². The van der Waals surface area contributed by atoms with Crippen molar-refractivity contribution in [1.82, 2.24) is 54.8 Å². The normalized spacial score (nSPS) is 12.7. The van der Waals surface area contributed by atoms with Gasteiger partial charge in [-0.2, -0.15) is 0 Å². The van der Waals surface area contributed by atoms with Crippen LogP contribution in [-0.2, 0) is 48.7 Å². The van der Waals surface area contributed by atoms with Crippen molar-refractivity contribution >= 4 is 158 Å². The van der Waals surface area contributed by atoms with E-state index >= 15 is 0 Å². The second-order valence-electron chi connectivity index (χ2n) is 28.3. The van der Waals surface area contributed by atoms with Gasteiger partial charge in [0.1, 0.15) is 22.7 Å². The Kier molecular flexibility index (Phi) is 30.6. The molecule has 8 aromatic carbocycles. The number of fused-ring (bicyclic) bond motifs is 4. The SMILES string of the molecule is CC(C)(C)OC(=O)N1CCC1.Nc1cccc2cccnc12.O=C(O)c1ccc(S(=O)(=O)Cl)cc1.O=C(O)c1ccccn1.O=C(c1ccc(S(=O)(=O)Nc2cccc3cccnc23)cc1)N1CN(C(=O)c2ccccn2)C1.O=C(c1ccc(S(=O)(=O)Nc2cccc3cccnc23)cc1)N1CNC1.O=COc1ccc(S(=O)(=O)Nc2cccc3cccnc23)cc1. The van der Waals surface area contributed by atoms with Crippen molar-refractivity contribution in [1.29, 1.82) is 0 Å². The third-order valence-electron chi connectivity index (χ3n) is 18.2. The number of aromatic nitrogens is 6. The Bertz CT molecular complexity index is 6770. The lowest BCUT2D eigenvalue weighted by Crippen LogP contribution is -2.59. The first-order valence-electron chi connectivity index (χ1n) is 38.1. The van der Waals surface area contributed by atoms with Gasteiger partial charge in [0.2, 0.25) is 0 Å². The molecule has 0 radical (unpaired) electrons. The number of para-hydroxylation sites is 4. The van der Waals surface area contributed by atoms with E-state index < -0.39 is 51.1 Å². The zero-order valence-electron chi connectivity index (χ0n) is 67.6. The largest absolute Gasteiger partial charge is 0.478 e. The zero-order valence-corrected chi connectivity index (χ0v) is 71.7. The average Bonchev–Trinajstić information content (AvgIpc) is 0.793. The molecule has 0 spiro atoms. The second-order valence-corrected chi connectivity index (χ2v) is 35.9. The highest BCUT2D eigenvalue weighted by Gasteiger charge is 2.34. The molecule has 0 unspecified atom stereocenters. The summed E-state index contributed by atoms with van der Waals surface area (Å²) >= 11 is 0. The molecule has 3 fully saturated rings. The van der Waals surface area contributed by atoms with Crippen LogP contribution in [0.5, 0.6) is 5.75 Å². The molecule has 14 aromatic rings. The first kappa shape index (κ1) is 92.8. The summed E-state index contributed by atoms with van der Waals surface area (Å²) in [7, 11) is -10.2. The van der Waals surface area contributed by atoms with Crippen molar-refractivity contribution in [3.05, 3.63) is 320 Å². The molecule has 0 atom stereocenters. The standard InChI is InChI=1S/C24H19N5O4S.C18H16N4O3S.C16H12N2O4S.C9H8N2.C8H15NO2.C7H5ClO4S.C6H5NO2/c30-23(28-15-29(16-28)24(31)21-7-1-2-13-25-21)18-9-11-19(12-10-18)34(32,33)27-20-8-3-5-17-6-4-14-26-22(17)20;23-18(22-11-19-12-22)14-6-8-15(9-7-14)26(24,25)21-16-5-1-3-13-4-2-10-20-17(13)16;19-11-22-13-6-8-14(9-7-13)23(20,21)18-15-5-1-3-12-4-2-10-17-16(12)15;10-8-5-1-3-7-4-2-6-11-9(7)8;1-8(2,3)11-7(10)9-5-4-6-9;8-13(11,12)6-3-1-5(2-4-6)7(9)10;8-6(9)5-3-1-2-4-7-5/h1-14,27H,15-16H2;1-10,19,21H,11-12H2;1-11,18H;1-6H,10H2;4-6H2,1-3H3;1-4H,(H,9,10);1-4H,(H,8,9). The third kappa shape index (κ3) is 25.4. The first-order chi connectivity index (χ1) is 60.6. The number of ether oxygens (including phenoxy) is 2. The lowest BCUT2D eigenvalue weighted by Gasteiger charge is -2.42. The van der Waals surface area contributed by atoms with Gasteiger partial charge in [-0.15, -0.1) is 0 Å². The number of hydrogen-bond acceptors (Lipinski definition) is 25. The third-order valence-corrected chi connectivity index (χ3v) is 23.8. The molecule has 39 heteroatoms. The number of hydrogen-bond donors (Lipinski definition) is 7. The van der Waals surface area contributed by atoms with E-state index in [9.17, 15) is 67.2 Å². The number of amides is 4. The maximum absolute atomic E-state index is 12.9. The molecule has 3 aliphatic rings. The first-order valence-corrected chi connectivity index (χ1v) is 44.9. The fourth-order valence-electron chi connectivity index (χ4n) is 11.7. The molecule has 3 saturated heterocycles. The van der Waals surface area contributed by atoms with Crippen LogP contribution in [0.15, 0.2) is 312 Å². The van der Waals surface area contributed by atoms with Crippen molar-refractivity contribution in [3.63, 3.8) is 0 Å². The van der Waals surface area contributed by atoms with Crippen LogP contribution < -0.4 is 30.0 Å². The van der Waals surface area contributed by atoms with Gasteiger partial charge in [-0.3, -0.25) is 63.6 Å². The molecule has 17 rings (SSSR count). The van der Waals surface area contributed by atoms with Gasteiger partial charge in [0.15, 0.2) is 0 Å². The average molecular weight is 1820 g/mol. The number of halogens is 1. The van der Waals surface area contributed by atoms with E-state index in [1.54, 1.807) is 120 Å². The Hall–Kier alpha value is -15.0. The van der Waals surface area contributed by atoms with Crippen LogP contribution in [0.1, 0.15) is 79.2 Å². The Labute approximate surface area is 733 Å². The van der Waals surface area contributed by atoms with Gasteiger partial charge in [-0.1, -0.05) is 84.9 Å². The number of nitrogens with two attached hydrogens (primary N) is 1.